The summed E-state index contributed by atoms with van der Waals surface area (Å²) < 4.78 is 16.0. The van der Waals surface area contributed by atoms with Crippen LogP contribution in [-0.4, -0.2) is 74.1 Å². The minimum Gasteiger partial charge on any atom is -0.507 e. The van der Waals surface area contributed by atoms with Gasteiger partial charge >= 0.3 is 0 Å². The van der Waals surface area contributed by atoms with Crippen molar-refractivity contribution in [3.05, 3.63) is 59.2 Å². The van der Waals surface area contributed by atoms with Crippen molar-refractivity contribution >= 4 is 17.4 Å². The van der Waals surface area contributed by atoms with E-state index in [1.165, 1.54) is 7.11 Å². The first-order valence-electron chi connectivity index (χ1n) is 11.8. The number of nitrogens with zero attached hydrogens (tertiary/aromatic N) is 2. The normalized spacial score (nSPS) is 17.2. The summed E-state index contributed by atoms with van der Waals surface area (Å²) in [6, 6.07) is 11.2. The molecule has 1 amide bonds. The van der Waals surface area contributed by atoms with Crippen LogP contribution in [0, 0.1) is 0 Å². The van der Waals surface area contributed by atoms with Gasteiger partial charge in [-0.25, -0.2) is 0 Å². The molecule has 0 radical (unpaired) electrons. The molecule has 1 unspecified atom stereocenters. The Morgan fingerprint density at radius 3 is 2.17 bits per heavy atom. The van der Waals surface area contributed by atoms with Crippen molar-refractivity contribution in [3.63, 3.8) is 0 Å². The Labute approximate surface area is 206 Å². The molecule has 1 atom stereocenters. The number of methoxy groups -OCH3 is 3. The van der Waals surface area contributed by atoms with Crippen LogP contribution >= 0.6 is 0 Å². The molecule has 1 aliphatic heterocycles. The van der Waals surface area contributed by atoms with E-state index in [4.69, 9.17) is 14.2 Å². The molecular weight excluding hydrogens is 448 g/mol. The third-order valence-electron chi connectivity index (χ3n) is 6.39. The summed E-state index contributed by atoms with van der Waals surface area (Å²) in [6.07, 6.45) is 0.696. The summed E-state index contributed by atoms with van der Waals surface area (Å²) in [5.41, 5.74) is 1.13. The molecular formula is C27H34N2O6. The molecule has 0 bridgehead atoms. The predicted octanol–water partition coefficient (Wildman–Crippen LogP) is 3.87. The number of amides is 1. The van der Waals surface area contributed by atoms with Gasteiger partial charge in [-0.2, -0.15) is 0 Å². The van der Waals surface area contributed by atoms with E-state index in [2.05, 4.69) is 18.7 Å². The van der Waals surface area contributed by atoms with Gasteiger partial charge in [0.15, 0.2) is 11.5 Å². The third kappa shape index (κ3) is 5.43. The number of aliphatic hydroxyl groups is 1. The van der Waals surface area contributed by atoms with E-state index in [1.807, 2.05) is 0 Å². The monoisotopic (exact) mass is 482 g/mol. The maximum atomic E-state index is 13.2. The summed E-state index contributed by atoms with van der Waals surface area (Å²) in [5.74, 6) is 0.0697. The molecule has 1 aliphatic rings. The van der Waals surface area contributed by atoms with Crippen LogP contribution in [0.5, 0.6) is 17.2 Å². The number of carbonyl (C=O) groups is 2. The van der Waals surface area contributed by atoms with E-state index in [0.29, 0.717) is 41.3 Å². The Kier molecular flexibility index (Phi) is 8.76. The van der Waals surface area contributed by atoms with Gasteiger partial charge < -0.3 is 29.1 Å². The van der Waals surface area contributed by atoms with Crippen LogP contribution in [0.4, 0.5) is 0 Å². The molecule has 1 saturated heterocycles. The Morgan fingerprint density at radius 2 is 1.60 bits per heavy atom. The third-order valence-corrected chi connectivity index (χ3v) is 6.39. The number of ether oxygens (including phenoxy) is 3. The van der Waals surface area contributed by atoms with Crippen LogP contribution in [0.15, 0.2) is 48.0 Å². The van der Waals surface area contributed by atoms with Gasteiger partial charge in [0.05, 0.1) is 32.9 Å². The Balaban J connectivity index is 2.08. The molecule has 2 aromatic rings. The molecule has 1 heterocycles. The molecule has 188 valence electrons. The van der Waals surface area contributed by atoms with Gasteiger partial charge in [0, 0.05) is 12.1 Å². The van der Waals surface area contributed by atoms with Crippen LogP contribution < -0.4 is 14.2 Å². The van der Waals surface area contributed by atoms with Crippen molar-refractivity contribution in [2.75, 3.05) is 47.5 Å². The number of hydrogen-bond donors (Lipinski definition) is 1. The lowest BCUT2D eigenvalue weighted by atomic mass is 9.95. The minimum atomic E-state index is -0.756. The van der Waals surface area contributed by atoms with Gasteiger partial charge in [0.25, 0.3) is 11.7 Å². The van der Waals surface area contributed by atoms with Crippen molar-refractivity contribution in [2.24, 2.45) is 0 Å². The quantitative estimate of drug-likeness (QED) is 0.296. The van der Waals surface area contributed by atoms with Gasteiger partial charge in [-0.3, -0.25) is 9.59 Å². The summed E-state index contributed by atoms with van der Waals surface area (Å²) in [7, 11) is 4.62. The molecule has 8 heteroatoms. The Morgan fingerprint density at radius 1 is 0.943 bits per heavy atom. The molecule has 1 fully saturated rings. The van der Waals surface area contributed by atoms with Gasteiger partial charge in [-0.05, 0) is 68.0 Å². The highest BCUT2D eigenvalue weighted by atomic mass is 16.5. The lowest BCUT2D eigenvalue weighted by molar-refractivity contribution is -0.140. The van der Waals surface area contributed by atoms with Crippen LogP contribution in [-0.2, 0) is 9.59 Å². The Bertz CT molecular complexity index is 1080. The summed E-state index contributed by atoms with van der Waals surface area (Å²) >= 11 is 0. The van der Waals surface area contributed by atoms with E-state index < -0.39 is 17.7 Å². The number of likely N-dealkylation sites (tertiary alicyclic amines) is 1. The highest BCUT2D eigenvalue weighted by molar-refractivity contribution is 6.46. The highest BCUT2D eigenvalue weighted by Gasteiger charge is 2.46. The second-order valence-corrected chi connectivity index (χ2v) is 8.22. The topological polar surface area (TPSA) is 88.5 Å². The lowest BCUT2D eigenvalue weighted by Gasteiger charge is -2.27. The lowest BCUT2D eigenvalue weighted by Crippen LogP contribution is -2.33. The minimum absolute atomic E-state index is 0.0511. The first kappa shape index (κ1) is 26.1. The van der Waals surface area contributed by atoms with E-state index in [0.717, 1.165) is 19.6 Å². The summed E-state index contributed by atoms with van der Waals surface area (Å²) in [4.78, 5) is 30.2. The molecule has 8 nitrogen and oxygen atoms in total. The second kappa shape index (κ2) is 11.8. The zero-order valence-electron chi connectivity index (χ0n) is 21.0. The molecule has 3 rings (SSSR count). The molecule has 1 N–H and O–H groups in total. The highest BCUT2D eigenvalue weighted by Crippen LogP contribution is 2.42. The van der Waals surface area contributed by atoms with Crippen molar-refractivity contribution in [2.45, 2.75) is 26.3 Å². The SMILES string of the molecule is CCN(CC)CCCN1C(=O)C(=O)/C(=C(\O)c2ccc(OC)cc2)C1c1ccc(OC)c(OC)c1. The van der Waals surface area contributed by atoms with Gasteiger partial charge in [-0.1, -0.05) is 19.9 Å². The number of aliphatic hydroxyl groups excluding tert-OH is 1. The van der Waals surface area contributed by atoms with E-state index >= 15 is 0 Å². The number of benzene rings is 2. The fourth-order valence-electron chi connectivity index (χ4n) is 4.39. The van der Waals surface area contributed by atoms with Crippen molar-refractivity contribution < 1.29 is 28.9 Å². The Hall–Kier alpha value is -3.52. The second-order valence-electron chi connectivity index (χ2n) is 8.22. The maximum absolute atomic E-state index is 13.2. The maximum Gasteiger partial charge on any atom is 0.295 e. The number of Topliss-reactive ketones (excluding diaryl/α,β-unsaturated/α-hetero) is 1. The van der Waals surface area contributed by atoms with Gasteiger partial charge in [0.2, 0.25) is 0 Å². The van der Waals surface area contributed by atoms with Crippen LogP contribution in [0.25, 0.3) is 5.76 Å². The smallest absolute Gasteiger partial charge is 0.295 e. The summed E-state index contributed by atoms with van der Waals surface area (Å²) in [6.45, 7) is 7.17. The van der Waals surface area contributed by atoms with Gasteiger partial charge in [0.1, 0.15) is 11.5 Å². The van der Waals surface area contributed by atoms with E-state index in [-0.39, 0.29) is 11.3 Å². The molecule has 0 aromatic heterocycles. The zero-order chi connectivity index (χ0) is 25.5. The molecule has 0 aliphatic carbocycles. The van der Waals surface area contributed by atoms with Crippen LogP contribution in [0.1, 0.15) is 37.4 Å². The average Bonchev–Trinajstić information content (AvgIpc) is 3.15. The van der Waals surface area contributed by atoms with Crippen molar-refractivity contribution in [1.29, 1.82) is 0 Å². The number of carbonyl (C=O) groups excluding carboxylic acids is 2. The fraction of sp³-hybridized carbons (Fsp3) is 0.407. The van der Waals surface area contributed by atoms with Crippen LogP contribution in [0.2, 0.25) is 0 Å². The first-order chi connectivity index (χ1) is 16.9. The van der Waals surface area contributed by atoms with Crippen molar-refractivity contribution in [3.8, 4) is 17.2 Å². The first-order valence-corrected chi connectivity index (χ1v) is 11.8. The van der Waals surface area contributed by atoms with Crippen molar-refractivity contribution in [1.82, 2.24) is 9.80 Å². The van der Waals surface area contributed by atoms with Crippen LogP contribution in [0.3, 0.4) is 0 Å². The molecule has 0 saturated carbocycles. The zero-order valence-corrected chi connectivity index (χ0v) is 21.0. The fourth-order valence-corrected chi connectivity index (χ4v) is 4.39. The van der Waals surface area contributed by atoms with E-state index in [1.54, 1.807) is 61.6 Å². The summed E-state index contributed by atoms with van der Waals surface area (Å²) in [5, 5.41) is 11.2. The molecule has 0 spiro atoms. The predicted molar refractivity (Wildman–Crippen MR) is 134 cm³/mol. The molecule has 35 heavy (non-hydrogen) atoms. The van der Waals surface area contributed by atoms with E-state index in [9.17, 15) is 14.7 Å². The number of rotatable bonds is 11. The average molecular weight is 483 g/mol. The molecule has 2 aromatic carbocycles. The standard InChI is InChI=1S/C27H34N2O6/c1-6-28(7-2)15-8-16-29-24(19-11-14-21(34-4)22(17-19)35-5)23(26(31)27(29)32)25(30)18-9-12-20(33-3)13-10-18/h9-14,17,24,30H,6-8,15-16H2,1-5H3/b25-23-. The number of hydrogen-bond acceptors (Lipinski definition) is 7. The largest absolute Gasteiger partial charge is 0.507 e. The number of ketones is 1. The van der Waals surface area contributed by atoms with Gasteiger partial charge in [-0.15, -0.1) is 0 Å².